The van der Waals surface area contributed by atoms with Crippen molar-refractivity contribution in [2.75, 3.05) is 18.4 Å². The molecule has 2 N–H and O–H groups in total. The summed E-state index contributed by atoms with van der Waals surface area (Å²) in [4.78, 5) is 25.2. The first-order chi connectivity index (χ1) is 10.0. The maximum absolute atomic E-state index is 12.3. The molecule has 1 aliphatic heterocycles. The average molecular weight is 353 g/mol. The third-order valence-electron chi connectivity index (χ3n) is 4.46. The highest BCUT2D eigenvalue weighted by Crippen LogP contribution is 2.37. The van der Waals surface area contributed by atoms with Gasteiger partial charge in [-0.3, -0.25) is 0 Å². The quantitative estimate of drug-likeness (QED) is 0.856. The Bertz CT molecular complexity index is 578. The van der Waals surface area contributed by atoms with E-state index < -0.39 is 5.97 Å². The number of likely N-dealkylation sites (tertiary alicyclic amines) is 1. The van der Waals surface area contributed by atoms with Gasteiger partial charge in [0.2, 0.25) is 0 Å². The van der Waals surface area contributed by atoms with E-state index in [9.17, 15) is 9.59 Å². The van der Waals surface area contributed by atoms with E-state index in [1.54, 1.807) is 12.1 Å². The van der Waals surface area contributed by atoms with Crippen molar-refractivity contribution in [3.8, 4) is 0 Å². The van der Waals surface area contributed by atoms with E-state index in [0.717, 1.165) is 13.1 Å². The Kier molecular flexibility index (Phi) is 3.89. The summed E-state index contributed by atoms with van der Waals surface area (Å²) in [6.07, 6.45) is 3.71. The Hall–Kier alpha value is -1.56. The number of amides is 2. The lowest BCUT2D eigenvalue weighted by Gasteiger charge is -2.18. The van der Waals surface area contributed by atoms with Gasteiger partial charge < -0.3 is 15.3 Å². The molecular formula is C15H17BrN2O3. The molecule has 3 rings (SSSR count). The second-order valence-corrected chi connectivity index (χ2v) is 6.64. The largest absolute Gasteiger partial charge is 0.478 e. The summed E-state index contributed by atoms with van der Waals surface area (Å²) >= 11 is 3.19. The Morgan fingerprint density at radius 2 is 1.90 bits per heavy atom. The van der Waals surface area contributed by atoms with Crippen molar-refractivity contribution in [2.45, 2.75) is 19.3 Å². The molecule has 6 heteroatoms. The molecule has 21 heavy (non-hydrogen) atoms. The van der Waals surface area contributed by atoms with Gasteiger partial charge in [0.05, 0.1) is 5.56 Å². The average Bonchev–Trinajstić information content (AvgIpc) is 3.01. The van der Waals surface area contributed by atoms with Crippen LogP contribution in [-0.4, -0.2) is 35.1 Å². The summed E-state index contributed by atoms with van der Waals surface area (Å²) in [6, 6.07) is 4.67. The molecule has 5 nitrogen and oxygen atoms in total. The van der Waals surface area contributed by atoms with Crippen LogP contribution in [0.2, 0.25) is 0 Å². The Morgan fingerprint density at radius 3 is 2.52 bits per heavy atom. The van der Waals surface area contributed by atoms with Gasteiger partial charge in [-0.15, -0.1) is 0 Å². The number of halogens is 1. The predicted molar refractivity (Wildman–Crippen MR) is 82.5 cm³/mol. The molecule has 112 valence electrons. The summed E-state index contributed by atoms with van der Waals surface area (Å²) in [7, 11) is 0. The minimum absolute atomic E-state index is 0.136. The summed E-state index contributed by atoms with van der Waals surface area (Å²) in [5, 5.41) is 11.9. The third kappa shape index (κ3) is 2.90. The van der Waals surface area contributed by atoms with E-state index in [-0.39, 0.29) is 11.6 Å². The van der Waals surface area contributed by atoms with E-state index in [1.165, 1.54) is 25.3 Å². The maximum atomic E-state index is 12.3. The first-order valence-electron chi connectivity index (χ1n) is 7.13. The minimum atomic E-state index is -1.02. The maximum Gasteiger partial charge on any atom is 0.336 e. The Labute approximate surface area is 131 Å². The number of hydrogen-bond donors (Lipinski definition) is 2. The van der Waals surface area contributed by atoms with Crippen molar-refractivity contribution >= 4 is 33.6 Å². The van der Waals surface area contributed by atoms with Gasteiger partial charge in [0.15, 0.2) is 0 Å². The van der Waals surface area contributed by atoms with Crippen molar-refractivity contribution in [2.24, 2.45) is 11.8 Å². The van der Waals surface area contributed by atoms with E-state index in [4.69, 9.17) is 5.11 Å². The van der Waals surface area contributed by atoms with Crippen LogP contribution in [0.1, 0.15) is 29.6 Å². The molecule has 2 atom stereocenters. The second-order valence-electron chi connectivity index (χ2n) is 5.79. The molecule has 0 aromatic heterocycles. The van der Waals surface area contributed by atoms with Gasteiger partial charge in [-0.25, -0.2) is 9.59 Å². The fraction of sp³-hybridized carbons (Fsp3) is 0.467. The van der Waals surface area contributed by atoms with Crippen LogP contribution in [-0.2, 0) is 0 Å². The normalized spacial score (nSPS) is 24.0. The van der Waals surface area contributed by atoms with Gasteiger partial charge in [0.1, 0.15) is 0 Å². The number of urea groups is 1. The molecule has 2 fully saturated rings. The monoisotopic (exact) mass is 352 g/mol. The third-order valence-corrected chi connectivity index (χ3v) is 5.15. The number of carbonyl (C=O) groups is 2. The predicted octanol–water partition coefficient (Wildman–Crippen LogP) is 3.41. The fourth-order valence-corrected chi connectivity index (χ4v) is 3.79. The number of hydrogen-bond acceptors (Lipinski definition) is 2. The summed E-state index contributed by atoms with van der Waals surface area (Å²) in [6.45, 7) is 1.64. The zero-order valence-corrected chi connectivity index (χ0v) is 13.1. The molecule has 1 aliphatic carbocycles. The summed E-state index contributed by atoms with van der Waals surface area (Å²) in [5.74, 6) is 0.277. The lowest BCUT2D eigenvalue weighted by molar-refractivity contribution is 0.0696. The van der Waals surface area contributed by atoms with Crippen molar-refractivity contribution in [1.82, 2.24) is 4.90 Å². The molecule has 1 heterocycles. The molecule has 1 aromatic carbocycles. The molecular weight excluding hydrogens is 336 g/mol. The Balaban J connectivity index is 1.68. The number of carboxylic acids is 1. The van der Waals surface area contributed by atoms with Crippen LogP contribution in [0, 0.1) is 11.8 Å². The highest BCUT2D eigenvalue weighted by Gasteiger charge is 2.38. The molecule has 1 aromatic rings. The topological polar surface area (TPSA) is 69.6 Å². The lowest BCUT2D eigenvalue weighted by atomic mass is 10.0. The van der Waals surface area contributed by atoms with Crippen LogP contribution in [0.15, 0.2) is 22.7 Å². The molecule has 1 saturated carbocycles. The number of rotatable bonds is 2. The number of carboxylic acid groups (broad SMARTS) is 1. The first kappa shape index (κ1) is 14.4. The molecule has 2 unspecified atom stereocenters. The number of anilines is 1. The summed E-state index contributed by atoms with van der Waals surface area (Å²) < 4.78 is 0.503. The first-order valence-corrected chi connectivity index (χ1v) is 7.92. The number of aromatic carboxylic acids is 1. The summed E-state index contributed by atoms with van der Waals surface area (Å²) in [5.41, 5.74) is 0.656. The Morgan fingerprint density at radius 1 is 1.24 bits per heavy atom. The smallest absolute Gasteiger partial charge is 0.336 e. The molecule has 0 radical (unpaired) electrons. The molecule has 0 bridgehead atoms. The van der Waals surface area contributed by atoms with Gasteiger partial charge in [-0.05, 0) is 58.8 Å². The van der Waals surface area contributed by atoms with Crippen LogP contribution in [0.4, 0.5) is 10.5 Å². The van der Waals surface area contributed by atoms with Crippen molar-refractivity contribution in [3.63, 3.8) is 0 Å². The highest BCUT2D eigenvalue weighted by molar-refractivity contribution is 9.10. The van der Waals surface area contributed by atoms with Crippen LogP contribution in [0.3, 0.4) is 0 Å². The molecule has 2 amide bonds. The van der Waals surface area contributed by atoms with Gasteiger partial charge in [0.25, 0.3) is 0 Å². The number of nitrogens with zero attached hydrogens (tertiary/aromatic N) is 1. The SMILES string of the molecule is O=C(O)c1cc(NC(=O)N2CC3CCCC3C2)ccc1Br. The molecule has 0 spiro atoms. The lowest BCUT2D eigenvalue weighted by Crippen LogP contribution is -2.33. The number of benzene rings is 1. The van der Waals surface area contributed by atoms with Crippen LogP contribution < -0.4 is 5.32 Å². The number of carbonyl (C=O) groups excluding carboxylic acids is 1. The van der Waals surface area contributed by atoms with Crippen LogP contribution in [0.25, 0.3) is 0 Å². The second kappa shape index (κ2) is 5.67. The van der Waals surface area contributed by atoms with Crippen molar-refractivity contribution < 1.29 is 14.7 Å². The van der Waals surface area contributed by atoms with Crippen molar-refractivity contribution in [1.29, 1.82) is 0 Å². The van der Waals surface area contributed by atoms with Gasteiger partial charge in [-0.2, -0.15) is 0 Å². The molecule has 2 aliphatic rings. The molecule has 1 saturated heterocycles. The van der Waals surface area contributed by atoms with E-state index in [1.807, 2.05) is 4.90 Å². The van der Waals surface area contributed by atoms with Gasteiger partial charge in [0, 0.05) is 23.2 Å². The highest BCUT2D eigenvalue weighted by atomic mass is 79.9. The van der Waals surface area contributed by atoms with Crippen LogP contribution >= 0.6 is 15.9 Å². The van der Waals surface area contributed by atoms with Crippen molar-refractivity contribution in [3.05, 3.63) is 28.2 Å². The van der Waals surface area contributed by atoms with Gasteiger partial charge in [-0.1, -0.05) is 6.42 Å². The van der Waals surface area contributed by atoms with E-state index in [2.05, 4.69) is 21.2 Å². The van der Waals surface area contributed by atoms with E-state index in [0.29, 0.717) is 22.0 Å². The van der Waals surface area contributed by atoms with E-state index >= 15 is 0 Å². The number of fused-ring (bicyclic) bond motifs is 1. The van der Waals surface area contributed by atoms with Gasteiger partial charge >= 0.3 is 12.0 Å². The minimum Gasteiger partial charge on any atom is -0.478 e. The zero-order chi connectivity index (χ0) is 15.0. The van der Waals surface area contributed by atoms with Crippen LogP contribution in [0.5, 0.6) is 0 Å². The number of nitrogens with one attached hydrogen (secondary N) is 1. The zero-order valence-electron chi connectivity index (χ0n) is 11.5. The standard InChI is InChI=1S/C15H17BrN2O3/c16-13-5-4-11(6-12(13)14(19)20)17-15(21)18-7-9-2-1-3-10(9)8-18/h4-6,9-10H,1-3,7-8H2,(H,17,21)(H,19,20). The fourth-order valence-electron chi connectivity index (χ4n) is 3.37.